The van der Waals surface area contributed by atoms with Crippen LogP contribution in [-0.2, 0) is 20.7 Å². The van der Waals surface area contributed by atoms with Crippen molar-refractivity contribution < 1.29 is 23.5 Å². The molecule has 6 heteroatoms. The lowest BCUT2D eigenvalue weighted by Gasteiger charge is -2.14. The molecule has 29 heavy (non-hydrogen) atoms. The lowest BCUT2D eigenvalue weighted by atomic mass is 10.0. The maximum Gasteiger partial charge on any atom is 0.347 e. The van der Waals surface area contributed by atoms with E-state index in [-0.39, 0.29) is 6.10 Å². The summed E-state index contributed by atoms with van der Waals surface area (Å²) in [6.07, 6.45) is 4.28. The minimum atomic E-state index is -0.861. The van der Waals surface area contributed by atoms with E-state index in [0.29, 0.717) is 23.9 Å². The van der Waals surface area contributed by atoms with Crippen molar-refractivity contribution in [3.05, 3.63) is 65.2 Å². The number of fused-ring (bicyclic) bond motifs is 2. The zero-order chi connectivity index (χ0) is 20.0. The molecule has 3 aromatic rings. The molecule has 1 aliphatic heterocycles. The monoisotopic (exact) mass is 389 g/mol. The minimum Gasteiger partial charge on any atom is -0.465 e. The first kappa shape index (κ1) is 17.7. The highest BCUT2D eigenvalue weighted by Crippen LogP contribution is 2.38. The maximum absolute atomic E-state index is 13.2. The topological polar surface area (TPSA) is 78.6 Å². The Labute approximate surface area is 167 Å². The van der Waals surface area contributed by atoms with Gasteiger partial charge in [-0.15, -0.1) is 0 Å². The molecule has 2 aliphatic rings. The Kier molecular flexibility index (Phi) is 4.19. The number of carbonyl (C=O) groups is 2. The molecule has 0 spiro atoms. The van der Waals surface area contributed by atoms with Gasteiger partial charge in [0.2, 0.25) is 6.10 Å². The van der Waals surface area contributed by atoms with Gasteiger partial charge in [-0.3, -0.25) is 0 Å². The highest BCUT2D eigenvalue weighted by Gasteiger charge is 2.37. The Bertz CT molecular complexity index is 1150. The summed E-state index contributed by atoms with van der Waals surface area (Å²) in [5.41, 5.74) is 3.86. The molecule has 6 nitrogen and oxygen atoms in total. The van der Waals surface area contributed by atoms with Crippen molar-refractivity contribution in [2.45, 2.75) is 38.4 Å². The van der Waals surface area contributed by atoms with E-state index in [0.717, 1.165) is 34.4 Å². The number of hydrogen-bond donors (Lipinski definition) is 0. The first-order valence-electron chi connectivity index (χ1n) is 9.67. The van der Waals surface area contributed by atoms with Gasteiger partial charge in [0.15, 0.2) is 0 Å². The molecule has 1 saturated heterocycles. The second-order valence-electron chi connectivity index (χ2n) is 7.39. The van der Waals surface area contributed by atoms with Crippen molar-refractivity contribution in [1.82, 2.24) is 4.98 Å². The predicted molar refractivity (Wildman–Crippen MR) is 106 cm³/mol. The number of furan rings is 1. The molecule has 0 unspecified atom stereocenters. The SMILES string of the molecule is C[C@H]1C[C@H](OC(=O)c2c3c(nc4ccccc24)/C(=C/c2ccco2)CC3)C(=O)O1. The first-order valence-corrected chi connectivity index (χ1v) is 9.67. The summed E-state index contributed by atoms with van der Waals surface area (Å²) in [4.78, 5) is 29.9. The molecule has 0 bridgehead atoms. The fraction of sp³-hybridized carbons (Fsp3) is 0.261. The van der Waals surface area contributed by atoms with Crippen LogP contribution in [0.25, 0.3) is 22.6 Å². The smallest absolute Gasteiger partial charge is 0.347 e. The number of esters is 2. The molecule has 1 aliphatic carbocycles. The highest BCUT2D eigenvalue weighted by atomic mass is 16.6. The van der Waals surface area contributed by atoms with E-state index in [2.05, 4.69) is 0 Å². The molecule has 0 amide bonds. The summed E-state index contributed by atoms with van der Waals surface area (Å²) < 4.78 is 16.1. The largest absolute Gasteiger partial charge is 0.465 e. The fourth-order valence-corrected chi connectivity index (χ4v) is 4.06. The summed E-state index contributed by atoms with van der Waals surface area (Å²) in [7, 11) is 0. The molecular weight excluding hydrogens is 370 g/mol. The van der Waals surface area contributed by atoms with Gasteiger partial charge in [-0.1, -0.05) is 18.2 Å². The molecular formula is C23H19NO5. The van der Waals surface area contributed by atoms with Gasteiger partial charge in [0.1, 0.15) is 11.9 Å². The predicted octanol–water partition coefficient (Wildman–Crippen LogP) is 4.18. The summed E-state index contributed by atoms with van der Waals surface area (Å²) in [6.45, 7) is 1.79. The van der Waals surface area contributed by atoms with Gasteiger partial charge < -0.3 is 13.9 Å². The number of nitrogens with zero attached hydrogens (tertiary/aromatic N) is 1. The fourth-order valence-electron chi connectivity index (χ4n) is 4.06. The second-order valence-corrected chi connectivity index (χ2v) is 7.39. The van der Waals surface area contributed by atoms with Gasteiger partial charge in [0.05, 0.1) is 23.0 Å². The molecule has 1 aromatic carbocycles. The molecule has 0 N–H and O–H groups in total. The average Bonchev–Trinajstić information content (AvgIpc) is 3.42. The zero-order valence-electron chi connectivity index (χ0n) is 15.9. The van der Waals surface area contributed by atoms with Crippen molar-refractivity contribution in [3.8, 4) is 0 Å². The number of hydrogen-bond acceptors (Lipinski definition) is 6. The van der Waals surface area contributed by atoms with E-state index in [9.17, 15) is 9.59 Å². The number of aromatic nitrogens is 1. The van der Waals surface area contributed by atoms with Gasteiger partial charge in [0, 0.05) is 11.8 Å². The van der Waals surface area contributed by atoms with Crippen molar-refractivity contribution in [2.24, 2.45) is 0 Å². The zero-order valence-corrected chi connectivity index (χ0v) is 15.9. The summed E-state index contributed by atoms with van der Waals surface area (Å²) in [6, 6.07) is 11.2. The Balaban J connectivity index is 1.60. The molecule has 0 radical (unpaired) electrons. The van der Waals surface area contributed by atoms with E-state index in [1.807, 2.05) is 42.5 Å². The van der Waals surface area contributed by atoms with Crippen LogP contribution in [0.5, 0.6) is 0 Å². The third-order valence-electron chi connectivity index (χ3n) is 5.38. The van der Waals surface area contributed by atoms with Gasteiger partial charge in [0.25, 0.3) is 0 Å². The number of benzene rings is 1. The number of pyridine rings is 1. The molecule has 1 fully saturated rings. The summed E-state index contributed by atoms with van der Waals surface area (Å²) in [5.74, 6) is -0.246. The number of cyclic esters (lactones) is 1. The third kappa shape index (κ3) is 3.10. The number of ether oxygens (including phenoxy) is 2. The van der Waals surface area contributed by atoms with E-state index in [4.69, 9.17) is 18.9 Å². The van der Waals surface area contributed by atoms with E-state index in [1.165, 1.54) is 0 Å². The van der Waals surface area contributed by atoms with Gasteiger partial charge >= 0.3 is 11.9 Å². The molecule has 2 aromatic heterocycles. The van der Waals surface area contributed by atoms with E-state index < -0.39 is 18.0 Å². The number of rotatable bonds is 3. The minimum absolute atomic E-state index is 0.247. The van der Waals surface area contributed by atoms with Gasteiger partial charge in [-0.25, -0.2) is 14.6 Å². The Morgan fingerprint density at radius 2 is 2.07 bits per heavy atom. The maximum atomic E-state index is 13.2. The molecule has 2 atom stereocenters. The molecule has 5 rings (SSSR count). The third-order valence-corrected chi connectivity index (χ3v) is 5.38. The summed E-state index contributed by atoms with van der Waals surface area (Å²) >= 11 is 0. The lowest BCUT2D eigenvalue weighted by molar-refractivity contribution is -0.147. The van der Waals surface area contributed by atoms with Crippen LogP contribution in [0, 0.1) is 0 Å². The van der Waals surface area contributed by atoms with Crippen LogP contribution < -0.4 is 0 Å². The van der Waals surface area contributed by atoms with Crippen LogP contribution in [0.1, 0.15) is 47.1 Å². The lowest BCUT2D eigenvalue weighted by Crippen LogP contribution is -2.23. The number of para-hydroxylation sites is 1. The van der Waals surface area contributed by atoms with E-state index in [1.54, 1.807) is 13.2 Å². The van der Waals surface area contributed by atoms with Crippen molar-refractivity contribution >= 4 is 34.5 Å². The van der Waals surface area contributed by atoms with Crippen LogP contribution in [0.3, 0.4) is 0 Å². The van der Waals surface area contributed by atoms with Crippen LogP contribution in [0.2, 0.25) is 0 Å². The van der Waals surface area contributed by atoms with Crippen LogP contribution in [0.15, 0.2) is 47.1 Å². The molecule has 0 saturated carbocycles. The Hall–Kier alpha value is -3.41. The molecule has 3 heterocycles. The average molecular weight is 389 g/mol. The first-order chi connectivity index (χ1) is 14.1. The number of carbonyl (C=O) groups excluding carboxylic acids is 2. The van der Waals surface area contributed by atoms with Crippen molar-refractivity contribution in [1.29, 1.82) is 0 Å². The van der Waals surface area contributed by atoms with Crippen molar-refractivity contribution in [2.75, 3.05) is 0 Å². The number of allylic oxidation sites excluding steroid dienone is 1. The summed E-state index contributed by atoms with van der Waals surface area (Å²) in [5, 5.41) is 0.731. The normalized spacial score (nSPS) is 22.1. The van der Waals surface area contributed by atoms with Crippen LogP contribution in [0.4, 0.5) is 0 Å². The Morgan fingerprint density at radius 1 is 1.21 bits per heavy atom. The Morgan fingerprint density at radius 3 is 2.83 bits per heavy atom. The van der Waals surface area contributed by atoms with Gasteiger partial charge in [-0.05, 0) is 55.2 Å². The van der Waals surface area contributed by atoms with Crippen LogP contribution in [-0.4, -0.2) is 29.1 Å². The standard InChI is InChI=1S/C23H19NO5/c1-13-11-19(22(25)28-13)29-23(26)20-16-6-2-3-7-18(16)24-21-14(8-9-17(20)21)12-15-5-4-10-27-15/h2-7,10,12-13,19H,8-9,11H2,1H3/b14-12+/t13-,19-/m0/s1. The van der Waals surface area contributed by atoms with Crippen LogP contribution >= 0.6 is 0 Å². The van der Waals surface area contributed by atoms with Crippen molar-refractivity contribution in [3.63, 3.8) is 0 Å². The van der Waals surface area contributed by atoms with Gasteiger partial charge in [-0.2, -0.15) is 0 Å². The second kappa shape index (κ2) is 6.88. The quantitative estimate of drug-likeness (QED) is 0.626. The van der Waals surface area contributed by atoms with E-state index >= 15 is 0 Å². The molecule has 146 valence electrons. The highest BCUT2D eigenvalue weighted by molar-refractivity contribution is 6.07.